The molecule has 1 amide bonds. The zero-order valence-corrected chi connectivity index (χ0v) is 14.4. The normalized spacial score (nSPS) is 15.2. The van der Waals surface area contributed by atoms with E-state index >= 15 is 0 Å². The Morgan fingerprint density at radius 1 is 1.20 bits per heavy atom. The number of amides is 1. The highest BCUT2D eigenvalue weighted by molar-refractivity contribution is 5.94. The summed E-state index contributed by atoms with van der Waals surface area (Å²) in [5.74, 6) is 0.565. The van der Waals surface area contributed by atoms with Gasteiger partial charge in [0.05, 0.1) is 12.4 Å². The maximum Gasteiger partial charge on any atom is 0.251 e. The molecule has 2 aromatic rings. The van der Waals surface area contributed by atoms with Crippen LogP contribution in [0.5, 0.6) is 0 Å². The fourth-order valence-corrected chi connectivity index (χ4v) is 3.04. The third kappa shape index (κ3) is 4.53. The van der Waals surface area contributed by atoms with Gasteiger partial charge in [0.1, 0.15) is 0 Å². The van der Waals surface area contributed by atoms with Crippen LogP contribution in [0.2, 0.25) is 0 Å². The standard InChI is InChI=1S/C19H23FN4O/c1-2-14-3-5-16(6-4-14)18(25)21-11-15-7-9-24(10-8-15)19-22-12-17(20)13-23-19/h3-6,12-13,15H,2,7-11H2,1H3,(H,21,25). The minimum Gasteiger partial charge on any atom is -0.352 e. The number of hydrogen-bond acceptors (Lipinski definition) is 4. The molecule has 5 nitrogen and oxygen atoms in total. The van der Waals surface area contributed by atoms with Gasteiger partial charge in [-0.2, -0.15) is 0 Å². The number of aryl methyl sites for hydroxylation is 1. The molecule has 132 valence electrons. The van der Waals surface area contributed by atoms with Crippen LogP contribution in [0.1, 0.15) is 35.7 Å². The SMILES string of the molecule is CCc1ccc(C(=O)NCC2CCN(c3ncc(F)cn3)CC2)cc1. The van der Waals surface area contributed by atoms with Crippen molar-refractivity contribution >= 4 is 11.9 Å². The van der Waals surface area contributed by atoms with Crippen molar-refractivity contribution in [2.75, 3.05) is 24.5 Å². The maximum absolute atomic E-state index is 12.9. The Kier molecular flexibility index (Phi) is 5.58. The second-order valence-corrected chi connectivity index (χ2v) is 6.39. The van der Waals surface area contributed by atoms with Crippen LogP contribution in [0.3, 0.4) is 0 Å². The lowest BCUT2D eigenvalue weighted by Gasteiger charge is -2.31. The minimum absolute atomic E-state index is 0.0213. The van der Waals surface area contributed by atoms with Crippen LogP contribution in [0.15, 0.2) is 36.7 Å². The van der Waals surface area contributed by atoms with E-state index in [2.05, 4.69) is 27.1 Å². The Morgan fingerprint density at radius 3 is 2.44 bits per heavy atom. The number of aromatic nitrogens is 2. The summed E-state index contributed by atoms with van der Waals surface area (Å²) in [6, 6.07) is 7.75. The second kappa shape index (κ2) is 8.05. The number of halogens is 1. The Bertz CT molecular complexity index is 694. The van der Waals surface area contributed by atoms with E-state index in [9.17, 15) is 9.18 Å². The van der Waals surface area contributed by atoms with Crippen LogP contribution in [0.4, 0.5) is 10.3 Å². The molecule has 0 unspecified atom stereocenters. The molecular weight excluding hydrogens is 319 g/mol. The molecule has 2 heterocycles. The molecule has 0 aliphatic carbocycles. The zero-order valence-electron chi connectivity index (χ0n) is 14.4. The quantitative estimate of drug-likeness (QED) is 0.908. The molecule has 1 aromatic heterocycles. The smallest absolute Gasteiger partial charge is 0.251 e. The molecular formula is C19H23FN4O. The number of benzene rings is 1. The van der Waals surface area contributed by atoms with Gasteiger partial charge in [-0.3, -0.25) is 4.79 Å². The largest absolute Gasteiger partial charge is 0.352 e. The monoisotopic (exact) mass is 342 g/mol. The van der Waals surface area contributed by atoms with E-state index in [0.29, 0.717) is 24.0 Å². The van der Waals surface area contributed by atoms with E-state index in [1.54, 1.807) is 0 Å². The van der Waals surface area contributed by atoms with Gasteiger partial charge in [-0.15, -0.1) is 0 Å². The Labute approximate surface area is 147 Å². The predicted molar refractivity (Wildman–Crippen MR) is 95.1 cm³/mol. The molecule has 0 radical (unpaired) electrons. The lowest BCUT2D eigenvalue weighted by Crippen LogP contribution is -2.39. The molecule has 0 bridgehead atoms. The van der Waals surface area contributed by atoms with E-state index in [-0.39, 0.29) is 5.91 Å². The second-order valence-electron chi connectivity index (χ2n) is 6.39. The van der Waals surface area contributed by atoms with Crippen molar-refractivity contribution in [3.8, 4) is 0 Å². The number of rotatable bonds is 5. The van der Waals surface area contributed by atoms with Crippen molar-refractivity contribution in [2.24, 2.45) is 5.92 Å². The summed E-state index contributed by atoms with van der Waals surface area (Å²) in [5.41, 5.74) is 1.93. The number of carbonyl (C=O) groups excluding carboxylic acids is 1. The summed E-state index contributed by atoms with van der Waals surface area (Å²) in [6.07, 6.45) is 5.26. The summed E-state index contributed by atoms with van der Waals surface area (Å²) in [5, 5.41) is 3.03. The average molecular weight is 342 g/mol. The first-order valence-corrected chi connectivity index (χ1v) is 8.75. The summed E-state index contributed by atoms with van der Waals surface area (Å²) < 4.78 is 12.9. The van der Waals surface area contributed by atoms with Gasteiger partial charge >= 0.3 is 0 Å². The third-order valence-corrected chi connectivity index (χ3v) is 4.68. The van der Waals surface area contributed by atoms with Crippen LogP contribution >= 0.6 is 0 Å². The topological polar surface area (TPSA) is 58.1 Å². The molecule has 1 saturated heterocycles. The summed E-state index contributed by atoms with van der Waals surface area (Å²) in [6.45, 7) is 4.40. The van der Waals surface area contributed by atoms with E-state index in [1.807, 2.05) is 24.3 Å². The number of carbonyl (C=O) groups is 1. The average Bonchev–Trinajstić information content (AvgIpc) is 2.67. The van der Waals surface area contributed by atoms with Gasteiger partial charge in [0.25, 0.3) is 5.91 Å². The van der Waals surface area contributed by atoms with Gasteiger partial charge in [-0.1, -0.05) is 19.1 Å². The van der Waals surface area contributed by atoms with Gasteiger partial charge in [0.15, 0.2) is 5.82 Å². The Morgan fingerprint density at radius 2 is 1.84 bits per heavy atom. The maximum atomic E-state index is 12.9. The molecule has 1 N–H and O–H groups in total. The van der Waals surface area contributed by atoms with Crippen molar-refractivity contribution in [2.45, 2.75) is 26.2 Å². The van der Waals surface area contributed by atoms with Gasteiger partial charge in [0.2, 0.25) is 5.95 Å². The molecule has 6 heteroatoms. The summed E-state index contributed by atoms with van der Waals surface area (Å²) >= 11 is 0. The van der Waals surface area contributed by atoms with Crippen molar-refractivity contribution in [1.29, 1.82) is 0 Å². The van der Waals surface area contributed by atoms with Crippen LogP contribution in [0, 0.1) is 11.7 Å². The summed E-state index contributed by atoms with van der Waals surface area (Å²) in [7, 11) is 0. The van der Waals surface area contributed by atoms with Crippen molar-refractivity contribution < 1.29 is 9.18 Å². The molecule has 1 aliphatic rings. The van der Waals surface area contributed by atoms with Crippen molar-refractivity contribution in [3.63, 3.8) is 0 Å². The zero-order chi connectivity index (χ0) is 17.6. The Hall–Kier alpha value is -2.50. The van der Waals surface area contributed by atoms with Crippen LogP contribution < -0.4 is 10.2 Å². The predicted octanol–water partition coefficient (Wildman–Crippen LogP) is 2.82. The van der Waals surface area contributed by atoms with Crippen molar-refractivity contribution in [1.82, 2.24) is 15.3 Å². The molecule has 25 heavy (non-hydrogen) atoms. The lowest BCUT2D eigenvalue weighted by molar-refractivity contribution is 0.0945. The molecule has 0 atom stereocenters. The highest BCUT2D eigenvalue weighted by atomic mass is 19.1. The molecule has 0 spiro atoms. The van der Waals surface area contributed by atoms with Crippen LogP contribution in [0.25, 0.3) is 0 Å². The number of hydrogen-bond donors (Lipinski definition) is 1. The van der Waals surface area contributed by atoms with Crippen molar-refractivity contribution in [3.05, 3.63) is 53.6 Å². The number of nitrogens with one attached hydrogen (secondary N) is 1. The first-order chi connectivity index (χ1) is 12.2. The molecule has 0 saturated carbocycles. The molecule has 1 aliphatic heterocycles. The van der Waals surface area contributed by atoms with Crippen LogP contribution in [-0.4, -0.2) is 35.5 Å². The third-order valence-electron chi connectivity index (χ3n) is 4.68. The molecule has 1 fully saturated rings. The van der Waals surface area contributed by atoms with E-state index in [4.69, 9.17) is 0 Å². The lowest BCUT2D eigenvalue weighted by atomic mass is 9.97. The number of piperidine rings is 1. The number of nitrogens with zero attached hydrogens (tertiary/aromatic N) is 3. The number of anilines is 1. The van der Waals surface area contributed by atoms with Gasteiger partial charge in [-0.25, -0.2) is 14.4 Å². The molecule has 1 aromatic carbocycles. The Balaban J connectivity index is 1.45. The highest BCUT2D eigenvalue weighted by Gasteiger charge is 2.21. The van der Waals surface area contributed by atoms with Gasteiger partial charge < -0.3 is 10.2 Å². The van der Waals surface area contributed by atoms with Gasteiger partial charge in [-0.05, 0) is 42.9 Å². The first-order valence-electron chi connectivity index (χ1n) is 8.75. The fourth-order valence-electron chi connectivity index (χ4n) is 3.04. The minimum atomic E-state index is -0.423. The van der Waals surface area contributed by atoms with E-state index < -0.39 is 5.82 Å². The van der Waals surface area contributed by atoms with E-state index in [0.717, 1.165) is 32.4 Å². The van der Waals surface area contributed by atoms with E-state index in [1.165, 1.54) is 18.0 Å². The molecule has 3 rings (SSSR count). The summed E-state index contributed by atoms with van der Waals surface area (Å²) in [4.78, 5) is 22.3. The fraction of sp³-hybridized carbons (Fsp3) is 0.421. The van der Waals surface area contributed by atoms with Gasteiger partial charge in [0, 0.05) is 25.2 Å². The van der Waals surface area contributed by atoms with Crippen LogP contribution in [-0.2, 0) is 6.42 Å². The first kappa shape index (κ1) is 17.3. The highest BCUT2D eigenvalue weighted by Crippen LogP contribution is 2.20.